The minimum absolute atomic E-state index is 0.0139. The van der Waals surface area contributed by atoms with Crippen LogP contribution in [0.5, 0.6) is 17.2 Å². The van der Waals surface area contributed by atoms with Crippen molar-refractivity contribution in [3.05, 3.63) is 90.0 Å². The van der Waals surface area contributed by atoms with Gasteiger partial charge in [-0.3, -0.25) is 4.79 Å². The Balaban J connectivity index is 1.79. The molecule has 0 radical (unpaired) electrons. The standard InChI is InChI=1S/C23H22O4/c1-25-19-10-8-17(9-11-19)22(24)16-23(18-6-4-3-5-7-18)27-21-14-12-20(26-2)13-15-21/h3-15,23H,16H2,1-2H3. The maximum absolute atomic E-state index is 12.8. The van der Waals surface area contributed by atoms with Gasteiger partial charge in [-0.25, -0.2) is 0 Å². The number of ketones is 1. The number of hydrogen-bond acceptors (Lipinski definition) is 4. The highest BCUT2D eigenvalue weighted by molar-refractivity contribution is 5.96. The first-order valence-electron chi connectivity index (χ1n) is 8.72. The van der Waals surface area contributed by atoms with E-state index >= 15 is 0 Å². The number of rotatable bonds is 8. The number of carbonyl (C=O) groups is 1. The second kappa shape index (κ2) is 8.90. The summed E-state index contributed by atoms with van der Waals surface area (Å²) in [4.78, 5) is 12.8. The molecule has 0 aliphatic rings. The van der Waals surface area contributed by atoms with Crippen LogP contribution in [0.4, 0.5) is 0 Å². The largest absolute Gasteiger partial charge is 0.497 e. The van der Waals surface area contributed by atoms with Gasteiger partial charge >= 0.3 is 0 Å². The Hall–Kier alpha value is -3.27. The van der Waals surface area contributed by atoms with Crippen molar-refractivity contribution in [1.82, 2.24) is 0 Å². The summed E-state index contributed by atoms with van der Waals surface area (Å²) in [6.07, 6.45) is -0.142. The first-order chi connectivity index (χ1) is 13.2. The van der Waals surface area contributed by atoms with Crippen LogP contribution in [0.25, 0.3) is 0 Å². The number of ether oxygens (including phenoxy) is 3. The van der Waals surface area contributed by atoms with Gasteiger partial charge in [0.05, 0.1) is 20.6 Å². The van der Waals surface area contributed by atoms with Crippen LogP contribution in [0.3, 0.4) is 0 Å². The van der Waals surface area contributed by atoms with Gasteiger partial charge < -0.3 is 14.2 Å². The molecule has 3 aromatic rings. The van der Waals surface area contributed by atoms with Crippen molar-refractivity contribution in [3.8, 4) is 17.2 Å². The van der Waals surface area contributed by atoms with Gasteiger partial charge in [-0.15, -0.1) is 0 Å². The molecule has 138 valence electrons. The number of hydrogen-bond donors (Lipinski definition) is 0. The SMILES string of the molecule is COc1ccc(OC(CC(=O)c2ccc(OC)cc2)c2ccccc2)cc1. The van der Waals surface area contributed by atoms with E-state index in [1.807, 2.05) is 54.6 Å². The van der Waals surface area contributed by atoms with E-state index in [1.54, 1.807) is 38.5 Å². The van der Waals surface area contributed by atoms with Crippen molar-refractivity contribution in [3.63, 3.8) is 0 Å². The molecule has 4 nitrogen and oxygen atoms in total. The topological polar surface area (TPSA) is 44.8 Å². The molecule has 0 fully saturated rings. The minimum Gasteiger partial charge on any atom is -0.497 e. The zero-order valence-corrected chi connectivity index (χ0v) is 15.4. The summed E-state index contributed by atoms with van der Waals surface area (Å²) < 4.78 is 16.5. The van der Waals surface area contributed by atoms with Gasteiger partial charge in [-0.2, -0.15) is 0 Å². The van der Waals surface area contributed by atoms with E-state index in [2.05, 4.69) is 0 Å². The van der Waals surface area contributed by atoms with E-state index in [1.165, 1.54) is 0 Å². The van der Waals surface area contributed by atoms with Gasteiger partial charge in [0, 0.05) is 5.56 Å². The van der Waals surface area contributed by atoms with Crippen molar-refractivity contribution < 1.29 is 19.0 Å². The van der Waals surface area contributed by atoms with Gasteiger partial charge in [0.2, 0.25) is 0 Å². The van der Waals surface area contributed by atoms with Gasteiger partial charge in [-0.05, 0) is 54.1 Å². The van der Waals surface area contributed by atoms with Gasteiger partial charge in [0.25, 0.3) is 0 Å². The lowest BCUT2D eigenvalue weighted by Crippen LogP contribution is -2.13. The van der Waals surface area contributed by atoms with Crippen LogP contribution in [-0.2, 0) is 0 Å². The van der Waals surface area contributed by atoms with Crippen LogP contribution >= 0.6 is 0 Å². The summed E-state index contributed by atoms with van der Waals surface area (Å²) >= 11 is 0. The molecule has 4 heteroatoms. The van der Waals surface area contributed by atoms with Gasteiger partial charge in [0.15, 0.2) is 5.78 Å². The molecule has 27 heavy (non-hydrogen) atoms. The molecule has 0 N–H and O–H groups in total. The molecule has 1 unspecified atom stereocenters. The van der Waals surface area contributed by atoms with Crippen LogP contribution in [0.15, 0.2) is 78.9 Å². The lowest BCUT2D eigenvalue weighted by atomic mass is 10.00. The van der Waals surface area contributed by atoms with Crippen LogP contribution in [0.1, 0.15) is 28.4 Å². The monoisotopic (exact) mass is 362 g/mol. The Kier molecular flexibility index (Phi) is 6.10. The van der Waals surface area contributed by atoms with Gasteiger partial charge in [-0.1, -0.05) is 30.3 Å². The van der Waals surface area contributed by atoms with E-state index in [-0.39, 0.29) is 18.3 Å². The van der Waals surface area contributed by atoms with Crippen LogP contribution in [-0.4, -0.2) is 20.0 Å². The highest BCUT2D eigenvalue weighted by Crippen LogP contribution is 2.28. The van der Waals surface area contributed by atoms with E-state index in [0.29, 0.717) is 11.3 Å². The molecule has 0 bridgehead atoms. The van der Waals surface area contributed by atoms with Crippen molar-refractivity contribution in [2.75, 3.05) is 14.2 Å². The first kappa shape index (κ1) is 18.5. The van der Waals surface area contributed by atoms with Crippen molar-refractivity contribution in [2.24, 2.45) is 0 Å². The number of methoxy groups -OCH3 is 2. The van der Waals surface area contributed by atoms with Crippen molar-refractivity contribution >= 4 is 5.78 Å². The molecule has 0 aliphatic heterocycles. The van der Waals surface area contributed by atoms with Crippen LogP contribution in [0, 0.1) is 0 Å². The summed E-state index contributed by atoms with van der Waals surface area (Å²) in [5, 5.41) is 0. The third-order valence-electron chi connectivity index (χ3n) is 4.29. The first-order valence-corrected chi connectivity index (χ1v) is 8.72. The molecule has 0 aromatic heterocycles. The second-order valence-electron chi connectivity index (χ2n) is 6.05. The summed E-state index contributed by atoms with van der Waals surface area (Å²) in [6.45, 7) is 0. The zero-order valence-electron chi connectivity index (χ0n) is 15.4. The normalized spacial score (nSPS) is 11.5. The maximum atomic E-state index is 12.8. The molecule has 0 amide bonds. The molecule has 0 spiro atoms. The number of Topliss-reactive ketones (excluding diaryl/α,β-unsaturated/α-hetero) is 1. The Morgan fingerprint density at radius 1 is 0.741 bits per heavy atom. The molecular formula is C23H22O4. The lowest BCUT2D eigenvalue weighted by molar-refractivity contribution is 0.0906. The average molecular weight is 362 g/mol. The Morgan fingerprint density at radius 2 is 1.26 bits per heavy atom. The maximum Gasteiger partial charge on any atom is 0.166 e. The minimum atomic E-state index is -0.380. The summed E-state index contributed by atoms with van der Waals surface area (Å²) in [7, 11) is 3.22. The van der Waals surface area contributed by atoms with Crippen LogP contribution in [0.2, 0.25) is 0 Å². The molecule has 3 aromatic carbocycles. The highest BCUT2D eigenvalue weighted by Gasteiger charge is 2.19. The molecule has 0 saturated carbocycles. The molecule has 1 atom stereocenters. The van der Waals surface area contributed by atoms with E-state index < -0.39 is 0 Å². The number of benzene rings is 3. The smallest absolute Gasteiger partial charge is 0.166 e. The summed E-state index contributed by atoms with van der Waals surface area (Å²) in [5.74, 6) is 2.18. The Morgan fingerprint density at radius 3 is 1.81 bits per heavy atom. The Bertz CT molecular complexity index is 855. The van der Waals surface area contributed by atoms with Crippen molar-refractivity contribution in [2.45, 2.75) is 12.5 Å². The molecule has 0 aliphatic carbocycles. The fourth-order valence-electron chi connectivity index (χ4n) is 2.78. The average Bonchev–Trinajstić information content (AvgIpc) is 2.74. The Labute approximate surface area is 159 Å². The zero-order chi connectivity index (χ0) is 19.1. The molecule has 0 heterocycles. The fraction of sp³-hybridized carbons (Fsp3) is 0.174. The molecule has 3 rings (SSSR count). The second-order valence-corrected chi connectivity index (χ2v) is 6.05. The third-order valence-corrected chi connectivity index (χ3v) is 4.29. The third kappa shape index (κ3) is 4.88. The van der Waals surface area contributed by atoms with E-state index in [0.717, 1.165) is 17.1 Å². The van der Waals surface area contributed by atoms with E-state index in [9.17, 15) is 4.79 Å². The van der Waals surface area contributed by atoms with Crippen LogP contribution < -0.4 is 14.2 Å². The van der Waals surface area contributed by atoms with Gasteiger partial charge in [0.1, 0.15) is 23.4 Å². The molecular weight excluding hydrogens is 340 g/mol. The lowest BCUT2D eigenvalue weighted by Gasteiger charge is -2.19. The fourth-order valence-corrected chi connectivity index (χ4v) is 2.78. The highest BCUT2D eigenvalue weighted by atomic mass is 16.5. The predicted molar refractivity (Wildman–Crippen MR) is 105 cm³/mol. The number of carbonyl (C=O) groups excluding carboxylic acids is 1. The summed E-state index contributed by atoms with van der Waals surface area (Å²) in [6, 6.07) is 24.2. The molecule has 0 saturated heterocycles. The van der Waals surface area contributed by atoms with Crippen molar-refractivity contribution in [1.29, 1.82) is 0 Å². The van der Waals surface area contributed by atoms with E-state index in [4.69, 9.17) is 14.2 Å². The summed E-state index contributed by atoms with van der Waals surface area (Å²) in [5.41, 5.74) is 1.59. The predicted octanol–water partition coefficient (Wildman–Crippen LogP) is 5.10. The quantitative estimate of drug-likeness (QED) is 0.523.